The molecule has 5 saturated carbocycles. The molecule has 15 rings (SSSR count). The van der Waals surface area contributed by atoms with Gasteiger partial charge < -0.3 is 53.2 Å². The molecule has 15 heteroatoms. The lowest BCUT2D eigenvalue weighted by molar-refractivity contribution is -0.128. The lowest BCUT2D eigenvalue weighted by Crippen LogP contribution is -2.42. The molecule has 5 unspecified atom stereocenters. The highest BCUT2D eigenvalue weighted by atomic mass is 16.2. The Morgan fingerprint density at radius 3 is 0.743 bits per heavy atom. The summed E-state index contributed by atoms with van der Waals surface area (Å²) in [5, 5.41) is 33.4. The molecule has 0 radical (unpaired) electrons. The van der Waals surface area contributed by atoms with Crippen LogP contribution in [0.4, 0.5) is 0 Å². The van der Waals surface area contributed by atoms with E-state index in [1.807, 2.05) is 0 Å². The smallest absolute Gasteiger partial charge is 0.223 e. The second-order valence-electron chi connectivity index (χ2n) is 31.2. The minimum Gasteiger partial charge on any atom is -0.354 e. The predicted octanol–water partition coefficient (Wildman–Crippen LogP) is 12.8. The van der Waals surface area contributed by atoms with Crippen molar-refractivity contribution in [1.29, 1.82) is 0 Å². The van der Waals surface area contributed by atoms with Crippen LogP contribution in [0.15, 0.2) is 121 Å². The number of hydrogen-bond donors (Lipinski definition) is 10. The quantitative estimate of drug-likeness (QED) is 0.0452. The number of nitrogens with one attached hydrogen (secondary N) is 10. The molecule has 0 aromatic heterocycles. The van der Waals surface area contributed by atoms with Gasteiger partial charge in [0.15, 0.2) is 0 Å². The molecule has 0 saturated heterocycles. The van der Waals surface area contributed by atoms with Crippen LogP contribution in [0, 0.1) is 47.3 Å². The Hall–Kier alpha value is -6.75. The molecule has 101 heavy (non-hydrogen) atoms. The Balaban J connectivity index is 0.000000127. The van der Waals surface area contributed by atoms with Gasteiger partial charge in [-0.1, -0.05) is 168 Å². The van der Waals surface area contributed by atoms with Gasteiger partial charge in [-0.15, -0.1) is 0 Å². The molecule has 10 N–H and O–H groups in total. The Morgan fingerprint density at radius 1 is 0.297 bits per heavy atom. The average Bonchev–Trinajstić information content (AvgIpc) is 0.987. The summed E-state index contributed by atoms with van der Waals surface area (Å²) in [6, 6.07) is 44.1. The van der Waals surface area contributed by atoms with Gasteiger partial charge in [0.05, 0.1) is 0 Å². The average molecular weight is 1380 g/mol. The first kappa shape index (κ1) is 75.4. The third-order valence-electron chi connectivity index (χ3n) is 24.3. The summed E-state index contributed by atoms with van der Waals surface area (Å²) in [6.07, 6.45) is 28.2. The van der Waals surface area contributed by atoms with Crippen LogP contribution in [0.1, 0.15) is 235 Å². The maximum Gasteiger partial charge on any atom is 0.223 e. The molecular formula is C86H122N10O5. The summed E-state index contributed by atoms with van der Waals surface area (Å²) in [5.41, 5.74) is 13.8. The Bertz CT molecular complexity index is 3320. The Kier molecular flexibility index (Phi) is 29.3. The summed E-state index contributed by atoms with van der Waals surface area (Å²) < 4.78 is 0. The number of benzene rings is 5. The number of carbonyl (C=O) groups excluding carboxylic acids is 5. The molecule has 546 valence electrons. The van der Waals surface area contributed by atoms with Crippen LogP contribution in [0.2, 0.25) is 0 Å². The molecule has 5 aliphatic carbocycles. The highest BCUT2D eigenvalue weighted by Crippen LogP contribution is 2.34. The molecule has 5 aromatic rings. The lowest BCUT2D eigenvalue weighted by atomic mass is 9.80. The van der Waals surface area contributed by atoms with Gasteiger partial charge in [-0.25, -0.2) is 0 Å². The van der Waals surface area contributed by atoms with Gasteiger partial charge in [-0.3, -0.25) is 24.0 Å². The van der Waals surface area contributed by atoms with E-state index in [-0.39, 0.29) is 89.3 Å². The fraction of sp³-hybridized carbons (Fsp3) is 0.593. The third-order valence-corrected chi connectivity index (χ3v) is 24.3. The molecule has 5 aromatic carbocycles. The number of rotatable bonds is 16. The molecule has 5 heterocycles. The van der Waals surface area contributed by atoms with Crippen LogP contribution in [-0.2, 0) is 56.1 Å². The van der Waals surface area contributed by atoms with Crippen LogP contribution < -0.4 is 53.2 Å². The van der Waals surface area contributed by atoms with Crippen molar-refractivity contribution in [2.75, 3.05) is 65.4 Å². The standard InChI is InChI=1S/C19H28N2O.2C18H26N2O.C16H22N2O.C15H20N2O/c1-2-14-7-9-16(10-8-14)19(22)21-13-18-17-6-4-3-5-15(17)11-12-20-18;2*1-13-6-8-15(9-7-13)18(21)20-12-17-16-5-3-2-4-14(16)10-11-19-17;19-16(13-6-1-2-7-13)18-11-15-14-8-4-3-5-12(14)9-10-17-15;18-15(12-5-3-6-12)17-10-14-13-7-2-1-4-11(13)8-9-16-14/h3-6,14,16,18,20H,2,7-13H2,1H3,(H,21,22);2*2-5,13,15,17,19H,6-12H2,1H3,(H,20,21);3-5,8,13,15,17H,1-2,6-7,9-11H2,(H,18,19);1-2,4,7,12,14,16H,3,5-6,8-10H2,(H,17,18). The lowest BCUT2D eigenvalue weighted by Gasteiger charge is -2.30. The van der Waals surface area contributed by atoms with Crippen LogP contribution in [0.3, 0.4) is 0 Å². The largest absolute Gasteiger partial charge is 0.354 e. The molecule has 0 spiro atoms. The van der Waals surface area contributed by atoms with Crippen LogP contribution in [-0.4, -0.2) is 95.0 Å². The first-order valence-corrected chi connectivity index (χ1v) is 39.9. The third kappa shape index (κ3) is 21.9. The van der Waals surface area contributed by atoms with E-state index in [0.717, 1.165) is 147 Å². The summed E-state index contributed by atoms with van der Waals surface area (Å²) in [5.74, 6) is 4.95. The van der Waals surface area contributed by atoms with Gasteiger partial charge in [0.25, 0.3) is 0 Å². The van der Waals surface area contributed by atoms with Gasteiger partial charge in [0.2, 0.25) is 29.5 Å². The summed E-state index contributed by atoms with van der Waals surface area (Å²) >= 11 is 0. The molecule has 15 nitrogen and oxygen atoms in total. The van der Waals surface area contributed by atoms with Gasteiger partial charge in [-0.2, -0.15) is 0 Å². The van der Waals surface area contributed by atoms with E-state index < -0.39 is 0 Å². The Morgan fingerprint density at radius 2 is 0.515 bits per heavy atom. The minimum atomic E-state index is 0.236. The number of amides is 5. The maximum absolute atomic E-state index is 12.4. The van der Waals surface area contributed by atoms with Gasteiger partial charge in [0, 0.05) is 92.5 Å². The SMILES string of the molecule is CC1CCC(C(=O)NCC2NCCc3ccccc32)CC1.CC1CCC(C(=O)NCC2NCCc3ccccc32)CC1.CCC1CCC(C(=O)NCC2NCCc3ccccc32)CC1.O=C(NCC1NCCc2ccccc21)C1CCC1.O=C(NCC1NCCc2ccccc21)C1CCCC1. The molecule has 5 aliphatic heterocycles. The van der Waals surface area contributed by atoms with Crippen molar-refractivity contribution in [3.05, 3.63) is 177 Å². The number of carbonyl (C=O) groups is 5. The minimum absolute atomic E-state index is 0.236. The van der Waals surface area contributed by atoms with Crippen molar-refractivity contribution in [3.8, 4) is 0 Å². The zero-order chi connectivity index (χ0) is 70.1. The van der Waals surface area contributed by atoms with Crippen molar-refractivity contribution in [2.45, 2.75) is 212 Å². The molecule has 10 aliphatic rings. The van der Waals surface area contributed by atoms with E-state index in [2.05, 4.69) is 195 Å². The zero-order valence-corrected chi connectivity index (χ0v) is 61.3. The number of fused-ring (bicyclic) bond motifs is 5. The van der Waals surface area contributed by atoms with Crippen molar-refractivity contribution < 1.29 is 24.0 Å². The first-order chi connectivity index (χ1) is 49.4. The molecule has 5 fully saturated rings. The normalized spacial score (nSPS) is 26.5. The topological polar surface area (TPSA) is 206 Å². The van der Waals surface area contributed by atoms with E-state index in [9.17, 15) is 24.0 Å². The predicted molar refractivity (Wildman–Crippen MR) is 407 cm³/mol. The van der Waals surface area contributed by atoms with E-state index in [0.29, 0.717) is 32.7 Å². The monoisotopic (exact) mass is 1370 g/mol. The fourth-order valence-electron chi connectivity index (χ4n) is 17.3. The van der Waals surface area contributed by atoms with Crippen molar-refractivity contribution in [1.82, 2.24) is 53.2 Å². The second-order valence-corrected chi connectivity index (χ2v) is 31.2. The molecule has 5 atom stereocenters. The molecular weight excluding hydrogens is 1250 g/mol. The highest BCUT2D eigenvalue weighted by Gasteiger charge is 2.32. The van der Waals surface area contributed by atoms with Crippen LogP contribution >= 0.6 is 0 Å². The van der Waals surface area contributed by atoms with Crippen molar-refractivity contribution >= 4 is 29.5 Å². The van der Waals surface area contributed by atoms with Gasteiger partial charge in [-0.05, 0) is 241 Å². The molecule has 5 amide bonds. The van der Waals surface area contributed by atoms with Crippen LogP contribution in [0.5, 0.6) is 0 Å². The summed E-state index contributed by atoms with van der Waals surface area (Å²) in [4.78, 5) is 61.0. The van der Waals surface area contributed by atoms with Crippen molar-refractivity contribution in [3.63, 3.8) is 0 Å². The van der Waals surface area contributed by atoms with Gasteiger partial charge in [0.1, 0.15) is 0 Å². The highest BCUT2D eigenvalue weighted by molar-refractivity contribution is 5.81. The van der Waals surface area contributed by atoms with E-state index in [1.165, 1.54) is 120 Å². The summed E-state index contributed by atoms with van der Waals surface area (Å²) in [6.45, 7) is 15.4. The van der Waals surface area contributed by atoms with E-state index in [1.54, 1.807) is 0 Å². The summed E-state index contributed by atoms with van der Waals surface area (Å²) in [7, 11) is 0. The fourth-order valence-corrected chi connectivity index (χ4v) is 17.3. The first-order valence-electron chi connectivity index (χ1n) is 39.9. The molecule has 0 bridgehead atoms. The van der Waals surface area contributed by atoms with E-state index >= 15 is 0 Å². The van der Waals surface area contributed by atoms with E-state index in [4.69, 9.17) is 0 Å². The second kappa shape index (κ2) is 39.2. The van der Waals surface area contributed by atoms with Crippen molar-refractivity contribution in [2.24, 2.45) is 47.3 Å². The van der Waals surface area contributed by atoms with Gasteiger partial charge >= 0.3 is 0 Å². The van der Waals surface area contributed by atoms with Crippen LogP contribution in [0.25, 0.3) is 0 Å². The number of hydrogen-bond acceptors (Lipinski definition) is 10. The Labute approximate surface area is 604 Å². The maximum atomic E-state index is 12.4. The zero-order valence-electron chi connectivity index (χ0n) is 61.3.